The summed E-state index contributed by atoms with van der Waals surface area (Å²) in [4.78, 5) is 10.7. The number of halogens is 1. The van der Waals surface area contributed by atoms with Crippen molar-refractivity contribution in [1.29, 1.82) is 0 Å². The van der Waals surface area contributed by atoms with Gasteiger partial charge in [0.1, 0.15) is 10.7 Å². The number of thioether (sulfide) groups is 1. The van der Waals surface area contributed by atoms with Crippen LogP contribution in [0.1, 0.15) is 26.2 Å². The summed E-state index contributed by atoms with van der Waals surface area (Å²) in [6.07, 6.45) is 3.40. The zero-order valence-electron chi connectivity index (χ0n) is 10.8. The van der Waals surface area contributed by atoms with E-state index < -0.39 is 4.92 Å². The van der Waals surface area contributed by atoms with E-state index in [0.29, 0.717) is 17.0 Å². The Morgan fingerprint density at radius 1 is 1.53 bits per heavy atom. The summed E-state index contributed by atoms with van der Waals surface area (Å²) in [6, 6.07) is 5.32. The van der Waals surface area contributed by atoms with E-state index in [1.54, 1.807) is 18.2 Å². The molecule has 0 radical (unpaired) electrons. The van der Waals surface area contributed by atoms with Crippen molar-refractivity contribution in [3.05, 3.63) is 33.3 Å². The number of hydrogen-bond acceptors (Lipinski definition) is 4. The molecule has 1 aliphatic carbocycles. The van der Waals surface area contributed by atoms with Crippen molar-refractivity contribution in [2.75, 3.05) is 11.1 Å². The van der Waals surface area contributed by atoms with Crippen molar-refractivity contribution in [2.45, 2.75) is 37.5 Å². The molecule has 1 aliphatic rings. The fourth-order valence-corrected chi connectivity index (χ4v) is 3.96. The van der Waals surface area contributed by atoms with Crippen LogP contribution in [-0.2, 0) is 0 Å². The van der Waals surface area contributed by atoms with Gasteiger partial charge in [0.25, 0.3) is 0 Å². The Hall–Kier alpha value is -0.940. The molecule has 1 aromatic carbocycles. The van der Waals surface area contributed by atoms with Gasteiger partial charge in [0.2, 0.25) is 0 Å². The smallest absolute Gasteiger partial charge is 0.310 e. The van der Waals surface area contributed by atoms with Gasteiger partial charge in [-0.05, 0) is 30.7 Å². The Morgan fingerprint density at radius 2 is 2.32 bits per heavy atom. The molecule has 0 bridgehead atoms. The SMILES string of the molecule is CCSC1CCCC1Nc1cccc(Cl)c1[N+](=O)[O-]. The van der Waals surface area contributed by atoms with Crippen LogP contribution in [0.4, 0.5) is 11.4 Å². The van der Waals surface area contributed by atoms with Crippen LogP contribution < -0.4 is 5.32 Å². The van der Waals surface area contributed by atoms with Crippen LogP contribution in [0.25, 0.3) is 0 Å². The average molecular weight is 301 g/mol. The van der Waals surface area contributed by atoms with Gasteiger partial charge in [0, 0.05) is 11.3 Å². The molecule has 0 spiro atoms. The molecule has 1 saturated carbocycles. The predicted octanol–water partition coefficient (Wildman–Crippen LogP) is 4.33. The summed E-state index contributed by atoms with van der Waals surface area (Å²) in [7, 11) is 0. The molecule has 2 unspecified atom stereocenters. The molecule has 0 aromatic heterocycles. The van der Waals surface area contributed by atoms with E-state index in [1.165, 1.54) is 12.8 Å². The Balaban J connectivity index is 2.19. The molecule has 0 heterocycles. The van der Waals surface area contributed by atoms with Crippen molar-refractivity contribution in [3.8, 4) is 0 Å². The Kier molecular flexibility index (Phi) is 4.93. The highest BCUT2D eigenvalue weighted by molar-refractivity contribution is 7.99. The first-order valence-corrected chi connectivity index (χ1v) is 7.87. The lowest BCUT2D eigenvalue weighted by Crippen LogP contribution is -2.26. The molecular formula is C13H17ClN2O2S. The normalized spacial score (nSPS) is 22.4. The highest BCUT2D eigenvalue weighted by Crippen LogP contribution is 2.37. The molecule has 0 aliphatic heterocycles. The van der Waals surface area contributed by atoms with E-state index in [-0.39, 0.29) is 10.7 Å². The first-order valence-electron chi connectivity index (χ1n) is 6.44. The number of nitrogens with one attached hydrogen (secondary N) is 1. The summed E-state index contributed by atoms with van der Waals surface area (Å²) < 4.78 is 0. The second-order valence-electron chi connectivity index (χ2n) is 4.57. The van der Waals surface area contributed by atoms with Gasteiger partial charge in [-0.1, -0.05) is 31.0 Å². The molecule has 0 amide bonds. The molecule has 19 heavy (non-hydrogen) atoms. The molecule has 0 saturated heterocycles. The summed E-state index contributed by atoms with van der Waals surface area (Å²) in [5.74, 6) is 1.07. The minimum absolute atomic E-state index is 0.0173. The Morgan fingerprint density at radius 3 is 3.00 bits per heavy atom. The summed E-state index contributed by atoms with van der Waals surface area (Å²) in [6.45, 7) is 2.14. The fourth-order valence-electron chi connectivity index (χ4n) is 2.52. The highest BCUT2D eigenvalue weighted by atomic mass is 35.5. The third kappa shape index (κ3) is 3.34. The van der Waals surface area contributed by atoms with Gasteiger partial charge in [-0.15, -0.1) is 0 Å². The molecule has 104 valence electrons. The fraction of sp³-hybridized carbons (Fsp3) is 0.538. The van der Waals surface area contributed by atoms with Crippen LogP contribution in [0.5, 0.6) is 0 Å². The average Bonchev–Trinajstić information content (AvgIpc) is 2.77. The largest absolute Gasteiger partial charge is 0.376 e. The number of nitrogens with zero attached hydrogens (tertiary/aromatic N) is 1. The quantitative estimate of drug-likeness (QED) is 0.649. The second-order valence-corrected chi connectivity index (χ2v) is 6.49. The summed E-state index contributed by atoms with van der Waals surface area (Å²) >= 11 is 7.84. The zero-order valence-corrected chi connectivity index (χ0v) is 12.3. The van der Waals surface area contributed by atoms with Gasteiger partial charge >= 0.3 is 5.69 Å². The van der Waals surface area contributed by atoms with Gasteiger partial charge in [-0.25, -0.2) is 0 Å². The third-order valence-corrected chi connectivity index (χ3v) is 4.97. The summed E-state index contributed by atoms with van der Waals surface area (Å²) in [5, 5.41) is 15.1. The van der Waals surface area contributed by atoms with Crippen LogP contribution in [-0.4, -0.2) is 22.0 Å². The van der Waals surface area contributed by atoms with Crippen LogP contribution in [0.15, 0.2) is 18.2 Å². The van der Waals surface area contributed by atoms with Gasteiger partial charge < -0.3 is 5.32 Å². The number of anilines is 1. The maximum atomic E-state index is 11.1. The van der Waals surface area contributed by atoms with Crippen molar-refractivity contribution in [2.24, 2.45) is 0 Å². The number of nitro benzene ring substituents is 1. The van der Waals surface area contributed by atoms with Crippen LogP contribution in [0.3, 0.4) is 0 Å². The molecule has 1 fully saturated rings. The van der Waals surface area contributed by atoms with E-state index in [0.717, 1.165) is 12.2 Å². The topological polar surface area (TPSA) is 55.2 Å². The molecule has 6 heteroatoms. The molecule has 2 rings (SSSR count). The van der Waals surface area contributed by atoms with Crippen molar-refractivity contribution >= 4 is 34.7 Å². The molecular weight excluding hydrogens is 284 g/mol. The van der Waals surface area contributed by atoms with Crippen LogP contribution >= 0.6 is 23.4 Å². The lowest BCUT2D eigenvalue weighted by atomic mass is 10.2. The molecule has 1 N–H and O–H groups in total. The first-order chi connectivity index (χ1) is 9.13. The van der Waals surface area contributed by atoms with Gasteiger partial charge in [-0.2, -0.15) is 11.8 Å². The monoisotopic (exact) mass is 300 g/mol. The van der Waals surface area contributed by atoms with E-state index in [4.69, 9.17) is 11.6 Å². The number of rotatable bonds is 5. The minimum Gasteiger partial charge on any atom is -0.376 e. The van der Waals surface area contributed by atoms with Crippen molar-refractivity contribution in [1.82, 2.24) is 0 Å². The highest BCUT2D eigenvalue weighted by Gasteiger charge is 2.29. The number of nitro groups is 1. The number of benzene rings is 1. The Labute approximate surface area is 122 Å². The van der Waals surface area contributed by atoms with Gasteiger partial charge in [0.05, 0.1) is 4.92 Å². The first kappa shape index (κ1) is 14.5. The van der Waals surface area contributed by atoms with E-state index in [1.807, 2.05) is 11.8 Å². The summed E-state index contributed by atoms with van der Waals surface area (Å²) in [5.41, 5.74) is 0.516. The standard InChI is InChI=1S/C13H17ClN2O2S/c1-2-19-12-8-4-6-10(12)15-11-7-3-5-9(14)13(11)16(17)18/h3,5,7,10,12,15H,2,4,6,8H2,1H3. The molecule has 1 aromatic rings. The number of hydrogen-bond donors (Lipinski definition) is 1. The van der Waals surface area contributed by atoms with Gasteiger partial charge in [-0.3, -0.25) is 10.1 Å². The number of para-hydroxylation sites is 1. The van der Waals surface area contributed by atoms with E-state index in [2.05, 4.69) is 12.2 Å². The lowest BCUT2D eigenvalue weighted by Gasteiger charge is -2.21. The molecule has 4 nitrogen and oxygen atoms in total. The maximum Gasteiger partial charge on any atom is 0.310 e. The predicted molar refractivity (Wildman–Crippen MR) is 81.3 cm³/mol. The maximum absolute atomic E-state index is 11.1. The Bertz CT molecular complexity index is 470. The lowest BCUT2D eigenvalue weighted by molar-refractivity contribution is -0.383. The minimum atomic E-state index is -0.415. The molecule has 2 atom stereocenters. The van der Waals surface area contributed by atoms with Crippen LogP contribution in [0.2, 0.25) is 5.02 Å². The van der Waals surface area contributed by atoms with E-state index >= 15 is 0 Å². The van der Waals surface area contributed by atoms with E-state index in [9.17, 15) is 10.1 Å². The van der Waals surface area contributed by atoms with Crippen LogP contribution in [0, 0.1) is 10.1 Å². The van der Waals surface area contributed by atoms with Gasteiger partial charge in [0.15, 0.2) is 0 Å². The zero-order chi connectivity index (χ0) is 13.8. The second kappa shape index (κ2) is 6.48. The third-order valence-electron chi connectivity index (χ3n) is 3.34. The van der Waals surface area contributed by atoms with Crippen molar-refractivity contribution < 1.29 is 4.92 Å². The van der Waals surface area contributed by atoms with Crippen molar-refractivity contribution in [3.63, 3.8) is 0 Å².